The molecule has 0 bridgehead atoms. The Morgan fingerprint density at radius 3 is 2.14 bits per heavy atom. The Morgan fingerprint density at radius 2 is 1.57 bits per heavy atom. The van der Waals surface area contributed by atoms with Gasteiger partial charge in [-0.3, -0.25) is 9.59 Å². The second-order valence-electron chi connectivity index (χ2n) is 5.94. The second kappa shape index (κ2) is 9.86. The Balaban J connectivity index is 1.80. The first-order valence-electron chi connectivity index (χ1n) is 8.57. The van der Waals surface area contributed by atoms with Crippen molar-refractivity contribution < 1.29 is 22.7 Å². The lowest BCUT2D eigenvalue weighted by Crippen LogP contribution is -2.34. The van der Waals surface area contributed by atoms with Gasteiger partial charge in [0.2, 0.25) is 15.9 Å². The highest BCUT2D eigenvalue weighted by Gasteiger charge is 2.13. The fraction of sp³-hybridized carbons (Fsp3) is 0.263. The van der Waals surface area contributed by atoms with Crippen LogP contribution in [0.2, 0.25) is 0 Å². The zero-order valence-corrected chi connectivity index (χ0v) is 16.5. The van der Waals surface area contributed by atoms with E-state index in [0.29, 0.717) is 17.9 Å². The van der Waals surface area contributed by atoms with Crippen molar-refractivity contribution in [3.63, 3.8) is 0 Å². The van der Waals surface area contributed by atoms with Gasteiger partial charge in [0.1, 0.15) is 5.75 Å². The van der Waals surface area contributed by atoms with Gasteiger partial charge in [0, 0.05) is 32.1 Å². The number of hydrogen-bond donors (Lipinski definition) is 3. The molecule has 8 nitrogen and oxygen atoms in total. The van der Waals surface area contributed by atoms with E-state index in [2.05, 4.69) is 15.4 Å². The van der Waals surface area contributed by atoms with E-state index < -0.39 is 10.0 Å². The largest absolute Gasteiger partial charge is 0.497 e. The minimum atomic E-state index is -3.66. The smallest absolute Gasteiger partial charge is 0.251 e. The summed E-state index contributed by atoms with van der Waals surface area (Å²) in [5.41, 5.74) is 1.32. The molecule has 0 heterocycles. The molecule has 0 unspecified atom stereocenters. The van der Waals surface area contributed by atoms with Crippen molar-refractivity contribution in [3.05, 3.63) is 59.7 Å². The molecule has 2 amide bonds. The number of hydrogen-bond acceptors (Lipinski definition) is 5. The topological polar surface area (TPSA) is 114 Å². The molecule has 2 aromatic carbocycles. The van der Waals surface area contributed by atoms with Crippen LogP contribution in [0.15, 0.2) is 53.4 Å². The van der Waals surface area contributed by atoms with Crippen LogP contribution in [-0.2, 0) is 21.4 Å². The average molecular weight is 405 g/mol. The minimum Gasteiger partial charge on any atom is -0.497 e. The van der Waals surface area contributed by atoms with E-state index in [9.17, 15) is 18.0 Å². The molecule has 3 N–H and O–H groups in total. The van der Waals surface area contributed by atoms with Gasteiger partial charge in [-0.25, -0.2) is 13.1 Å². The summed E-state index contributed by atoms with van der Waals surface area (Å²) in [4.78, 5) is 23.1. The van der Waals surface area contributed by atoms with Crippen LogP contribution in [0.4, 0.5) is 0 Å². The Labute approximate surface area is 164 Å². The maximum absolute atomic E-state index is 12.2. The van der Waals surface area contributed by atoms with E-state index in [1.807, 2.05) is 0 Å². The van der Waals surface area contributed by atoms with Crippen LogP contribution in [-0.4, -0.2) is 40.4 Å². The minimum absolute atomic E-state index is 0.0563. The molecule has 0 aliphatic heterocycles. The van der Waals surface area contributed by atoms with E-state index >= 15 is 0 Å². The maximum Gasteiger partial charge on any atom is 0.251 e. The predicted molar refractivity (Wildman–Crippen MR) is 104 cm³/mol. The van der Waals surface area contributed by atoms with E-state index in [-0.39, 0.29) is 29.8 Å². The lowest BCUT2D eigenvalue weighted by atomic mass is 10.1. The Morgan fingerprint density at radius 1 is 0.929 bits per heavy atom. The monoisotopic (exact) mass is 405 g/mol. The van der Waals surface area contributed by atoms with Gasteiger partial charge in [-0.05, 0) is 42.0 Å². The summed E-state index contributed by atoms with van der Waals surface area (Å²) in [5, 5.41) is 5.33. The number of amides is 2. The van der Waals surface area contributed by atoms with Crippen molar-refractivity contribution >= 4 is 21.8 Å². The van der Waals surface area contributed by atoms with Crippen LogP contribution in [0.1, 0.15) is 22.8 Å². The van der Waals surface area contributed by atoms with Gasteiger partial charge in [0.15, 0.2) is 0 Å². The molecule has 0 radical (unpaired) electrons. The van der Waals surface area contributed by atoms with Crippen LogP contribution in [0.25, 0.3) is 0 Å². The molecule has 2 aromatic rings. The summed E-state index contributed by atoms with van der Waals surface area (Å²) in [6.07, 6.45) is 0. The molecule has 0 aliphatic carbocycles. The predicted octanol–water partition coefficient (Wildman–Crippen LogP) is 1.04. The fourth-order valence-electron chi connectivity index (χ4n) is 2.30. The molecule has 0 fully saturated rings. The first-order valence-corrected chi connectivity index (χ1v) is 10.1. The molecule has 9 heteroatoms. The summed E-state index contributed by atoms with van der Waals surface area (Å²) in [5.74, 6) is 0.128. The number of nitrogens with one attached hydrogen (secondary N) is 3. The van der Waals surface area contributed by atoms with Crippen LogP contribution in [0, 0.1) is 0 Å². The summed E-state index contributed by atoms with van der Waals surface area (Å²) >= 11 is 0. The molecule has 0 aliphatic rings. The van der Waals surface area contributed by atoms with Crippen LogP contribution in [0.5, 0.6) is 5.75 Å². The molecule has 28 heavy (non-hydrogen) atoms. The molecule has 0 atom stereocenters. The highest BCUT2D eigenvalue weighted by Crippen LogP contribution is 2.15. The standard InChI is InChI=1S/C19H23N3O5S/c1-14(23)21-13-15-3-5-16(6-4-15)19(24)20-11-12-22-28(25,26)18-9-7-17(27-2)8-10-18/h3-10,22H,11-13H2,1-2H3,(H,20,24)(H,21,23). The SMILES string of the molecule is COc1ccc(S(=O)(=O)NCCNC(=O)c2ccc(CNC(C)=O)cc2)cc1. The number of ether oxygens (including phenoxy) is 1. The number of carbonyl (C=O) groups is 2. The third kappa shape index (κ3) is 6.36. The van der Waals surface area contributed by atoms with Gasteiger partial charge in [0.25, 0.3) is 5.91 Å². The van der Waals surface area contributed by atoms with Gasteiger partial charge in [0.05, 0.1) is 12.0 Å². The lowest BCUT2D eigenvalue weighted by molar-refractivity contribution is -0.119. The quantitative estimate of drug-likeness (QED) is 0.540. The van der Waals surface area contributed by atoms with E-state index in [1.165, 1.54) is 26.2 Å². The van der Waals surface area contributed by atoms with Gasteiger partial charge in [-0.2, -0.15) is 0 Å². The first-order chi connectivity index (χ1) is 13.3. The highest BCUT2D eigenvalue weighted by molar-refractivity contribution is 7.89. The second-order valence-corrected chi connectivity index (χ2v) is 7.70. The lowest BCUT2D eigenvalue weighted by Gasteiger charge is -2.09. The fourth-order valence-corrected chi connectivity index (χ4v) is 3.33. The number of carbonyl (C=O) groups excluding carboxylic acids is 2. The van der Waals surface area contributed by atoms with Crippen molar-refractivity contribution in [2.75, 3.05) is 20.2 Å². The van der Waals surface area contributed by atoms with Gasteiger partial charge in [-0.1, -0.05) is 12.1 Å². The first kappa shape index (κ1) is 21.4. The molecular formula is C19H23N3O5S. The normalized spacial score (nSPS) is 10.9. The third-order valence-electron chi connectivity index (χ3n) is 3.83. The van der Waals surface area contributed by atoms with E-state index in [4.69, 9.17) is 4.74 Å². The van der Waals surface area contributed by atoms with Crippen molar-refractivity contribution in [3.8, 4) is 5.75 Å². The molecule has 0 saturated carbocycles. The molecular weight excluding hydrogens is 382 g/mol. The molecule has 150 valence electrons. The summed E-state index contributed by atoms with van der Waals surface area (Å²) in [6.45, 7) is 2.03. The van der Waals surface area contributed by atoms with Crippen LogP contribution in [0.3, 0.4) is 0 Å². The van der Waals surface area contributed by atoms with Crippen molar-refractivity contribution in [2.24, 2.45) is 0 Å². The molecule has 0 aromatic heterocycles. The summed E-state index contributed by atoms with van der Waals surface area (Å²) in [6, 6.07) is 12.8. The van der Waals surface area contributed by atoms with Crippen molar-refractivity contribution in [1.82, 2.24) is 15.4 Å². The summed E-state index contributed by atoms with van der Waals surface area (Å²) < 4.78 is 31.8. The third-order valence-corrected chi connectivity index (χ3v) is 5.31. The van der Waals surface area contributed by atoms with Gasteiger partial charge in [-0.15, -0.1) is 0 Å². The Hall–Kier alpha value is -2.91. The number of benzene rings is 2. The van der Waals surface area contributed by atoms with Gasteiger partial charge < -0.3 is 15.4 Å². The van der Waals surface area contributed by atoms with E-state index in [1.54, 1.807) is 36.4 Å². The summed E-state index contributed by atoms with van der Waals surface area (Å²) in [7, 11) is -2.16. The number of sulfonamides is 1. The zero-order valence-electron chi connectivity index (χ0n) is 15.7. The van der Waals surface area contributed by atoms with Crippen molar-refractivity contribution in [2.45, 2.75) is 18.4 Å². The molecule has 0 saturated heterocycles. The van der Waals surface area contributed by atoms with Crippen LogP contribution < -0.4 is 20.1 Å². The molecule has 2 rings (SSSR count). The Kier molecular flexibility index (Phi) is 7.53. The number of rotatable bonds is 9. The number of methoxy groups -OCH3 is 1. The van der Waals surface area contributed by atoms with Crippen LogP contribution >= 0.6 is 0 Å². The maximum atomic E-state index is 12.2. The van der Waals surface area contributed by atoms with E-state index in [0.717, 1.165) is 5.56 Å². The average Bonchev–Trinajstić information content (AvgIpc) is 2.70. The van der Waals surface area contributed by atoms with Gasteiger partial charge >= 0.3 is 0 Å². The molecule has 0 spiro atoms. The Bertz CT molecular complexity index is 910. The van der Waals surface area contributed by atoms with Crippen molar-refractivity contribution in [1.29, 1.82) is 0 Å². The zero-order chi connectivity index (χ0) is 20.6. The highest BCUT2D eigenvalue weighted by atomic mass is 32.2.